The minimum absolute atomic E-state index is 0.127. The number of benzene rings is 1. The maximum atomic E-state index is 12.4. The van der Waals surface area contributed by atoms with Gasteiger partial charge in [-0.15, -0.1) is 0 Å². The number of carbonyl (C=O) groups excluding carboxylic acids is 1. The second-order valence-corrected chi connectivity index (χ2v) is 5.60. The van der Waals surface area contributed by atoms with E-state index in [0.717, 1.165) is 19.4 Å². The molecule has 20 heavy (non-hydrogen) atoms. The van der Waals surface area contributed by atoms with Gasteiger partial charge in [-0.1, -0.05) is 12.1 Å². The van der Waals surface area contributed by atoms with Crippen LogP contribution in [-0.2, 0) is 4.79 Å². The van der Waals surface area contributed by atoms with E-state index >= 15 is 0 Å². The predicted octanol–water partition coefficient (Wildman–Crippen LogP) is 2.02. The smallest absolute Gasteiger partial charge is 0.338 e. The third-order valence-electron chi connectivity index (χ3n) is 3.88. The molecule has 0 radical (unpaired) electrons. The molecule has 0 bridgehead atoms. The molecule has 1 amide bonds. The largest absolute Gasteiger partial charge is 0.478 e. The number of carbonyl (C=O) groups is 2. The van der Waals surface area contributed by atoms with Crippen LogP contribution in [0.15, 0.2) is 18.2 Å². The summed E-state index contributed by atoms with van der Waals surface area (Å²) in [7, 11) is 0. The average Bonchev–Trinajstić information content (AvgIpc) is 2.39. The fraction of sp³-hybridized carbons (Fsp3) is 0.467. The molecule has 108 valence electrons. The summed E-state index contributed by atoms with van der Waals surface area (Å²) in [5, 5.41) is 15.3. The van der Waals surface area contributed by atoms with Crippen LogP contribution in [-0.4, -0.2) is 30.1 Å². The Morgan fingerprint density at radius 3 is 2.75 bits per heavy atom. The van der Waals surface area contributed by atoms with Crippen LogP contribution in [0.3, 0.4) is 0 Å². The molecule has 5 nitrogen and oxygen atoms in total. The Balaban J connectivity index is 2.24. The third kappa shape index (κ3) is 2.82. The van der Waals surface area contributed by atoms with E-state index in [9.17, 15) is 14.7 Å². The van der Waals surface area contributed by atoms with E-state index in [4.69, 9.17) is 0 Å². The minimum Gasteiger partial charge on any atom is -0.478 e. The van der Waals surface area contributed by atoms with Crippen molar-refractivity contribution >= 4 is 17.6 Å². The SMILES string of the molecule is Cc1cccc(NC(=O)C2(C)CCCNC2)c1C(=O)O. The zero-order chi connectivity index (χ0) is 14.8. The number of aryl methyl sites for hydroxylation is 1. The van der Waals surface area contributed by atoms with E-state index in [1.165, 1.54) is 0 Å². The zero-order valence-corrected chi connectivity index (χ0v) is 11.8. The Morgan fingerprint density at radius 1 is 1.40 bits per heavy atom. The quantitative estimate of drug-likeness (QED) is 0.789. The Bertz CT molecular complexity index is 534. The maximum Gasteiger partial charge on any atom is 0.338 e. The van der Waals surface area contributed by atoms with Gasteiger partial charge in [0.2, 0.25) is 5.91 Å². The van der Waals surface area contributed by atoms with E-state index in [1.807, 2.05) is 6.92 Å². The summed E-state index contributed by atoms with van der Waals surface area (Å²) in [6.07, 6.45) is 1.75. The van der Waals surface area contributed by atoms with Gasteiger partial charge in [0.05, 0.1) is 16.7 Å². The van der Waals surface area contributed by atoms with Gasteiger partial charge in [-0.05, 0) is 44.9 Å². The first-order valence-electron chi connectivity index (χ1n) is 6.79. The molecule has 1 atom stereocenters. The molecule has 1 unspecified atom stereocenters. The van der Waals surface area contributed by atoms with Crippen LogP contribution in [0.25, 0.3) is 0 Å². The van der Waals surface area contributed by atoms with Gasteiger partial charge in [0.15, 0.2) is 0 Å². The van der Waals surface area contributed by atoms with E-state index in [1.54, 1.807) is 25.1 Å². The van der Waals surface area contributed by atoms with Crippen molar-refractivity contribution in [3.63, 3.8) is 0 Å². The first kappa shape index (κ1) is 14.5. The molecule has 3 N–H and O–H groups in total. The van der Waals surface area contributed by atoms with Crippen LogP contribution >= 0.6 is 0 Å². The Morgan fingerprint density at radius 2 is 2.15 bits per heavy atom. The first-order chi connectivity index (χ1) is 9.44. The Labute approximate surface area is 118 Å². The summed E-state index contributed by atoms with van der Waals surface area (Å²) in [4.78, 5) is 23.7. The fourth-order valence-corrected chi connectivity index (χ4v) is 2.58. The van der Waals surface area contributed by atoms with Crippen LogP contribution in [0.2, 0.25) is 0 Å². The first-order valence-corrected chi connectivity index (χ1v) is 6.79. The lowest BCUT2D eigenvalue weighted by Crippen LogP contribution is -2.46. The number of rotatable bonds is 3. The molecule has 1 aliphatic heterocycles. The van der Waals surface area contributed by atoms with E-state index < -0.39 is 11.4 Å². The molecule has 0 spiro atoms. The van der Waals surface area contributed by atoms with Crippen molar-refractivity contribution in [3.8, 4) is 0 Å². The number of piperidine rings is 1. The number of anilines is 1. The molecule has 2 rings (SSSR count). The number of carboxylic acid groups (broad SMARTS) is 1. The van der Waals surface area contributed by atoms with Crippen LogP contribution in [0, 0.1) is 12.3 Å². The van der Waals surface area contributed by atoms with Crippen molar-refractivity contribution in [1.29, 1.82) is 0 Å². The zero-order valence-electron chi connectivity index (χ0n) is 11.8. The highest BCUT2D eigenvalue weighted by atomic mass is 16.4. The molecule has 1 aromatic carbocycles. The van der Waals surface area contributed by atoms with E-state index in [2.05, 4.69) is 10.6 Å². The number of aromatic carboxylic acids is 1. The third-order valence-corrected chi connectivity index (χ3v) is 3.88. The predicted molar refractivity (Wildman–Crippen MR) is 77.0 cm³/mol. The summed E-state index contributed by atoms with van der Waals surface area (Å²) in [5.74, 6) is -1.15. The Hall–Kier alpha value is -1.88. The summed E-state index contributed by atoms with van der Waals surface area (Å²) >= 11 is 0. The number of hydrogen-bond acceptors (Lipinski definition) is 3. The summed E-state index contributed by atoms with van der Waals surface area (Å²) in [6.45, 7) is 5.18. The maximum absolute atomic E-state index is 12.4. The lowest BCUT2D eigenvalue weighted by atomic mass is 9.82. The van der Waals surface area contributed by atoms with Crippen molar-refractivity contribution in [2.45, 2.75) is 26.7 Å². The van der Waals surface area contributed by atoms with Gasteiger partial charge in [0.25, 0.3) is 0 Å². The molecule has 0 saturated carbocycles. The van der Waals surface area contributed by atoms with Crippen LogP contribution in [0.5, 0.6) is 0 Å². The molecule has 0 aromatic heterocycles. The van der Waals surface area contributed by atoms with Crippen molar-refractivity contribution in [2.24, 2.45) is 5.41 Å². The molecular formula is C15H20N2O3. The van der Waals surface area contributed by atoms with Gasteiger partial charge < -0.3 is 15.7 Å². The highest BCUT2D eigenvalue weighted by Gasteiger charge is 2.35. The summed E-state index contributed by atoms with van der Waals surface area (Å²) < 4.78 is 0. The van der Waals surface area contributed by atoms with Crippen LogP contribution < -0.4 is 10.6 Å². The van der Waals surface area contributed by atoms with Gasteiger partial charge in [0.1, 0.15) is 0 Å². The van der Waals surface area contributed by atoms with Crippen molar-refractivity contribution < 1.29 is 14.7 Å². The molecule has 5 heteroatoms. The molecule has 1 aromatic rings. The van der Waals surface area contributed by atoms with Crippen molar-refractivity contribution in [3.05, 3.63) is 29.3 Å². The summed E-state index contributed by atoms with van der Waals surface area (Å²) in [5.41, 5.74) is 0.683. The number of carboxylic acids is 1. The van der Waals surface area contributed by atoms with Gasteiger partial charge in [-0.2, -0.15) is 0 Å². The van der Waals surface area contributed by atoms with Crippen molar-refractivity contribution in [2.75, 3.05) is 18.4 Å². The number of hydrogen-bond donors (Lipinski definition) is 3. The second kappa shape index (κ2) is 5.63. The topological polar surface area (TPSA) is 78.4 Å². The highest BCUT2D eigenvalue weighted by molar-refractivity contribution is 6.03. The fourth-order valence-electron chi connectivity index (χ4n) is 2.58. The van der Waals surface area contributed by atoms with Gasteiger partial charge in [-0.3, -0.25) is 4.79 Å². The monoisotopic (exact) mass is 276 g/mol. The average molecular weight is 276 g/mol. The Kier molecular flexibility index (Phi) is 4.09. The van der Waals surface area contributed by atoms with Gasteiger partial charge in [0, 0.05) is 6.54 Å². The van der Waals surface area contributed by atoms with Crippen LogP contribution in [0.4, 0.5) is 5.69 Å². The van der Waals surface area contributed by atoms with Gasteiger partial charge >= 0.3 is 5.97 Å². The normalized spacial score (nSPS) is 22.3. The molecular weight excluding hydrogens is 256 g/mol. The molecule has 1 fully saturated rings. The molecule has 0 aliphatic carbocycles. The molecule has 1 saturated heterocycles. The van der Waals surface area contributed by atoms with Crippen molar-refractivity contribution in [1.82, 2.24) is 5.32 Å². The van der Waals surface area contributed by atoms with Crippen LogP contribution in [0.1, 0.15) is 35.7 Å². The lowest BCUT2D eigenvalue weighted by Gasteiger charge is -2.32. The standard InChI is InChI=1S/C15H20N2O3/c1-10-5-3-6-11(12(10)13(18)19)17-14(20)15(2)7-4-8-16-9-15/h3,5-6,16H,4,7-9H2,1-2H3,(H,17,20)(H,18,19). The molecule has 1 aliphatic rings. The van der Waals surface area contributed by atoms with E-state index in [0.29, 0.717) is 17.8 Å². The lowest BCUT2D eigenvalue weighted by molar-refractivity contribution is -0.125. The number of nitrogens with one attached hydrogen (secondary N) is 2. The second-order valence-electron chi connectivity index (χ2n) is 5.60. The van der Waals surface area contributed by atoms with Gasteiger partial charge in [-0.25, -0.2) is 4.79 Å². The minimum atomic E-state index is -1.02. The molecule has 1 heterocycles. The highest BCUT2D eigenvalue weighted by Crippen LogP contribution is 2.28. The summed E-state index contributed by atoms with van der Waals surface area (Å²) in [6, 6.07) is 5.11. The van der Waals surface area contributed by atoms with E-state index in [-0.39, 0.29) is 11.5 Å². The number of amides is 1.